The lowest BCUT2D eigenvalue weighted by atomic mass is 9.94. The van der Waals surface area contributed by atoms with Crippen molar-refractivity contribution < 1.29 is 14.4 Å². The van der Waals surface area contributed by atoms with E-state index in [0.29, 0.717) is 38.4 Å². The third-order valence-corrected chi connectivity index (χ3v) is 4.78. The van der Waals surface area contributed by atoms with Crippen molar-refractivity contribution in [2.75, 3.05) is 31.5 Å². The van der Waals surface area contributed by atoms with Crippen LogP contribution in [0.5, 0.6) is 0 Å². The first-order valence-electron chi connectivity index (χ1n) is 9.70. The quantitative estimate of drug-likeness (QED) is 0.797. The van der Waals surface area contributed by atoms with Gasteiger partial charge in [0.05, 0.1) is 6.54 Å². The molecule has 1 N–H and O–H groups in total. The molecule has 0 atom stereocenters. The third kappa shape index (κ3) is 5.22. The Morgan fingerprint density at radius 2 is 1.72 bits per heavy atom. The van der Waals surface area contributed by atoms with Crippen molar-refractivity contribution in [2.45, 2.75) is 27.3 Å². The van der Waals surface area contributed by atoms with Crippen molar-refractivity contribution in [1.29, 1.82) is 0 Å². The molecule has 0 aliphatic carbocycles. The summed E-state index contributed by atoms with van der Waals surface area (Å²) in [4.78, 5) is 40.5. The van der Waals surface area contributed by atoms with E-state index in [1.807, 2.05) is 51.2 Å². The van der Waals surface area contributed by atoms with Crippen LogP contribution in [0.4, 0.5) is 5.69 Å². The predicted octanol–water partition coefficient (Wildman–Crippen LogP) is 1.59. The number of benzene rings is 1. The standard InChI is InChI=1S/C21H27N5O3/c1-21(2,3)20(29)25-12-10-24(11-13-25)19(28)18(27)23-17-7-4-6-16(14-17)15-26-9-5-8-22-26/h4-9,14H,10-13,15H2,1-3H3,(H,23,27). The molecule has 29 heavy (non-hydrogen) atoms. The van der Waals surface area contributed by atoms with E-state index in [1.165, 1.54) is 4.90 Å². The fourth-order valence-electron chi connectivity index (χ4n) is 3.24. The number of piperazine rings is 1. The highest BCUT2D eigenvalue weighted by Crippen LogP contribution is 2.19. The summed E-state index contributed by atoms with van der Waals surface area (Å²) in [6.45, 7) is 7.79. The molecule has 1 aliphatic heterocycles. The second kappa shape index (κ2) is 8.46. The van der Waals surface area contributed by atoms with Crippen molar-refractivity contribution >= 4 is 23.4 Å². The molecule has 1 fully saturated rings. The molecule has 0 saturated carbocycles. The average Bonchev–Trinajstić information content (AvgIpc) is 3.19. The number of carbonyl (C=O) groups excluding carboxylic acids is 3. The van der Waals surface area contributed by atoms with E-state index >= 15 is 0 Å². The number of nitrogens with zero attached hydrogens (tertiary/aromatic N) is 4. The molecule has 1 aromatic carbocycles. The summed E-state index contributed by atoms with van der Waals surface area (Å²) < 4.78 is 1.78. The van der Waals surface area contributed by atoms with Gasteiger partial charge in [-0.2, -0.15) is 5.10 Å². The van der Waals surface area contributed by atoms with Gasteiger partial charge >= 0.3 is 11.8 Å². The fraction of sp³-hybridized carbons (Fsp3) is 0.429. The van der Waals surface area contributed by atoms with Crippen LogP contribution in [0.25, 0.3) is 0 Å². The molecule has 0 bridgehead atoms. The third-order valence-electron chi connectivity index (χ3n) is 4.78. The molecule has 8 nitrogen and oxygen atoms in total. The van der Waals surface area contributed by atoms with Crippen LogP contribution in [0, 0.1) is 5.41 Å². The lowest BCUT2D eigenvalue weighted by Crippen LogP contribution is -2.54. The van der Waals surface area contributed by atoms with Crippen molar-refractivity contribution in [1.82, 2.24) is 19.6 Å². The molecule has 1 aliphatic rings. The van der Waals surface area contributed by atoms with E-state index in [2.05, 4.69) is 10.4 Å². The van der Waals surface area contributed by atoms with Gasteiger partial charge in [0.2, 0.25) is 5.91 Å². The zero-order chi connectivity index (χ0) is 21.0. The van der Waals surface area contributed by atoms with Gasteiger partial charge in [0.15, 0.2) is 0 Å². The summed E-state index contributed by atoms with van der Waals surface area (Å²) >= 11 is 0. The average molecular weight is 397 g/mol. The lowest BCUT2D eigenvalue weighted by Gasteiger charge is -2.37. The molecule has 0 radical (unpaired) electrons. The molecule has 3 amide bonds. The smallest absolute Gasteiger partial charge is 0.313 e. The van der Waals surface area contributed by atoms with E-state index in [9.17, 15) is 14.4 Å². The molecule has 3 rings (SSSR count). The number of aromatic nitrogens is 2. The molecular weight excluding hydrogens is 370 g/mol. The van der Waals surface area contributed by atoms with Crippen LogP contribution < -0.4 is 5.32 Å². The Bertz CT molecular complexity index is 878. The highest BCUT2D eigenvalue weighted by molar-refractivity contribution is 6.39. The molecule has 1 saturated heterocycles. The molecule has 2 aromatic rings. The highest BCUT2D eigenvalue weighted by Gasteiger charge is 2.32. The van der Waals surface area contributed by atoms with Crippen LogP contribution in [-0.4, -0.2) is 63.5 Å². The second-order valence-electron chi connectivity index (χ2n) is 8.19. The maximum Gasteiger partial charge on any atom is 0.313 e. The number of hydrogen-bond acceptors (Lipinski definition) is 4. The Labute approximate surface area is 170 Å². The monoisotopic (exact) mass is 397 g/mol. The minimum Gasteiger partial charge on any atom is -0.339 e. The number of anilines is 1. The van der Waals surface area contributed by atoms with Gasteiger partial charge in [0.1, 0.15) is 0 Å². The zero-order valence-corrected chi connectivity index (χ0v) is 17.1. The lowest BCUT2D eigenvalue weighted by molar-refractivity contribution is -0.148. The first kappa shape index (κ1) is 20.6. The topological polar surface area (TPSA) is 87.5 Å². The second-order valence-corrected chi connectivity index (χ2v) is 8.19. The molecule has 0 unspecified atom stereocenters. The zero-order valence-electron chi connectivity index (χ0n) is 17.1. The molecule has 154 valence electrons. The van der Waals surface area contributed by atoms with Gasteiger partial charge in [-0.05, 0) is 23.8 Å². The van der Waals surface area contributed by atoms with Crippen LogP contribution in [0.1, 0.15) is 26.3 Å². The van der Waals surface area contributed by atoms with Gasteiger partial charge < -0.3 is 15.1 Å². The van der Waals surface area contributed by atoms with E-state index in [-0.39, 0.29) is 5.91 Å². The van der Waals surface area contributed by atoms with Crippen molar-refractivity contribution in [2.24, 2.45) is 5.41 Å². The van der Waals surface area contributed by atoms with Crippen LogP contribution in [0.15, 0.2) is 42.7 Å². The Kier molecular flexibility index (Phi) is 6.00. The van der Waals surface area contributed by atoms with Crippen LogP contribution in [0.2, 0.25) is 0 Å². The Balaban J connectivity index is 1.55. The summed E-state index contributed by atoms with van der Waals surface area (Å²) in [5.41, 5.74) is 1.08. The minimum absolute atomic E-state index is 0.0584. The first-order chi connectivity index (χ1) is 13.7. The summed E-state index contributed by atoms with van der Waals surface area (Å²) in [5.74, 6) is -1.19. The first-order valence-corrected chi connectivity index (χ1v) is 9.70. The Morgan fingerprint density at radius 3 is 2.34 bits per heavy atom. The van der Waals surface area contributed by atoms with Gasteiger partial charge in [-0.25, -0.2) is 0 Å². The van der Waals surface area contributed by atoms with Gasteiger partial charge in [0, 0.05) is 49.7 Å². The highest BCUT2D eigenvalue weighted by atomic mass is 16.2. The van der Waals surface area contributed by atoms with Gasteiger partial charge in [-0.1, -0.05) is 32.9 Å². The van der Waals surface area contributed by atoms with E-state index in [4.69, 9.17) is 0 Å². The maximum absolute atomic E-state index is 12.5. The normalized spacial score (nSPS) is 14.6. The van der Waals surface area contributed by atoms with Crippen molar-refractivity contribution in [3.8, 4) is 0 Å². The summed E-state index contributed by atoms with van der Waals surface area (Å²) in [7, 11) is 0. The molecular formula is C21H27N5O3. The number of carbonyl (C=O) groups is 3. The summed E-state index contributed by atoms with van der Waals surface area (Å²) in [6.07, 6.45) is 3.57. The summed E-state index contributed by atoms with van der Waals surface area (Å²) in [5, 5.41) is 6.84. The van der Waals surface area contributed by atoms with E-state index in [1.54, 1.807) is 21.8 Å². The molecule has 1 aromatic heterocycles. The SMILES string of the molecule is CC(C)(C)C(=O)N1CCN(C(=O)C(=O)Nc2cccc(Cn3cccn3)c2)CC1. The van der Waals surface area contributed by atoms with Gasteiger partial charge in [-0.3, -0.25) is 19.1 Å². The molecule has 0 spiro atoms. The van der Waals surface area contributed by atoms with Gasteiger partial charge in [-0.15, -0.1) is 0 Å². The number of rotatable bonds is 3. The van der Waals surface area contributed by atoms with Crippen LogP contribution >= 0.6 is 0 Å². The van der Waals surface area contributed by atoms with Crippen LogP contribution in [0.3, 0.4) is 0 Å². The summed E-state index contributed by atoms with van der Waals surface area (Å²) in [6, 6.07) is 9.18. The molecule has 8 heteroatoms. The van der Waals surface area contributed by atoms with Crippen molar-refractivity contribution in [3.05, 3.63) is 48.3 Å². The Hall–Kier alpha value is -3.16. The fourth-order valence-corrected chi connectivity index (χ4v) is 3.24. The number of amides is 3. The van der Waals surface area contributed by atoms with Crippen LogP contribution in [-0.2, 0) is 20.9 Å². The largest absolute Gasteiger partial charge is 0.339 e. The predicted molar refractivity (Wildman–Crippen MR) is 109 cm³/mol. The maximum atomic E-state index is 12.5. The number of nitrogens with one attached hydrogen (secondary N) is 1. The minimum atomic E-state index is -0.670. The Morgan fingerprint density at radius 1 is 1.03 bits per heavy atom. The number of hydrogen-bond donors (Lipinski definition) is 1. The molecule has 2 heterocycles. The van der Waals surface area contributed by atoms with Crippen molar-refractivity contribution in [3.63, 3.8) is 0 Å². The van der Waals surface area contributed by atoms with Gasteiger partial charge in [0.25, 0.3) is 0 Å². The van der Waals surface area contributed by atoms with E-state index in [0.717, 1.165) is 5.56 Å². The van der Waals surface area contributed by atoms with E-state index < -0.39 is 17.2 Å².